The molecule has 5 nitrogen and oxygen atoms in total. The molecule has 0 saturated carbocycles. The van der Waals surface area contributed by atoms with Crippen molar-refractivity contribution in [1.29, 1.82) is 0 Å². The van der Waals surface area contributed by atoms with Gasteiger partial charge in [0.25, 0.3) is 0 Å². The lowest BCUT2D eigenvalue weighted by atomic mass is 10.3. The molecule has 0 aliphatic heterocycles. The van der Waals surface area contributed by atoms with Crippen molar-refractivity contribution in [1.82, 2.24) is 4.98 Å². The van der Waals surface area contributed by atoms with Gasteiger partial charge in [0.15, 0.2) is 11.6 Å². The van der Waals surface area contributed by atoms with Gasteiger partial charge in [-0.05, 0) is 25.5 Å². The van der Waals surface area contributed by atoms with Gasteiger partial charge in [-0.1, -0.05) is 6.92 Å². The summed E-state index contributed by atoms with van der Waals surface area (Å²) in [7, 11) is -2.92. The molecular formula is C11H18N2O3S. The number of nitrogens with zero attached hydrogens (tertiary/aromatic N) is 1. The molecule has 0 aromatic carbocycles. The average Bonchev–Trinajstić information content (AvgIpc) is 2.27. The van der Waals surface area contributed by atoms with E-state index in [2.05, 4.69) is 4.98 Å². The van der Waals surface area contributed by atoms with Crippen molar-refractivity contribution in [3.05, 3.63) is 17.8 Å². The molecule has 1 rings (SSSR count). The quantitative estimate of drug-likeness (QED) is 0.775. The molecule has 1 aromatic heterocycles. The van der Waals surface area contributed by atoms with Gasteiger partial charge in [-0.3, -0.25) is 0 Å². The summed E-state index contributed by atoms with van der Waals surface area (Å²) >= 11 is 0. The molecule has 96 valence electrons. The van der Waals surface area contributed by atoms with Gasteiger partial charge >= 0.3 is 0 Å². The Morgan fingerprint density at radius 1 is 1.41 bits per heavy atom. The van der Waals surface area contributed by atoms with Crippen molar-refractivity contribution in [3.63, 3.8) is 0 Å². The summed E-state index contributed by atoms with van der Waals surface area (Å²) in [6, 6.07) is 3.54. The van der Waals surface area contributed by atoms with Crippen molar-refractivity contribution in [3.8, 4) is 5.75 Å². The molecule has 0 unspecified atom stereocenters. The number of ether oxygens (including phenoxy) is 1. The maximum Gasteiger partial charge on any atom is 0.166 e. The van der Waals surface area contributed by atoms with Crippen molar-refractivity contribution in [2.24, 2.45) is 0 Å². The van der Waals surface area contributed by atoms with Gasteiger partial charge in [-0.15, -0.1) is 0 Å². The fourth-order valence-electron chi connectivity index (χ4n) is 1.29. The molecule has 0 radical (unpaired) electrons. The van der Waals surface area contributed by atoms with Gasteiger partial charge < -0.3 is 10.5 Å². The summed E-state index contributed by atoms with van der Waals surface area (Å²) < 4.78 is 27.8. The predicted molar refractivity (Wildman–Crippen MR) is 67.8 cm³/mol. The lowest BCUT2D eigenvalue weighted by Crippen LogP contribution is -2.12. The number of pyridine rings is 1. The molecule has 0 saturated heterocycles. The second-order valence-electron chi connectivity index (χ2n) is 3.77. The van der Waals surface area contributed by atoms with Gasteiger partial charge in [0.2, 0.25) is 0 Å². The van der Waals surface area contributed by atoms with Crippen LogP contribution in [0, 0.1) is 6.92 Å². The van der Waals surface area contributed by atoms with Crippen LogP contribution in [0.1, 0.15) is 19.0 Å². The molecule has 0 spiro atoms. The molecule has 0 atom stereocenters. The number of nitrogens with two attached hydrogens (primary N) is 1. The number of rotatable bonds is 6. The lowest BCUT2D eigenvalue weighted by molar-refractivity contribution is 0.318. The summed E-state index contributed by atoms with van der Waals surface area (Å²) in [5.74, 6) is 1.15. The van der Waals surface area contributed by atoms with Crippen LogP contribution >= 0.6 is 0 Å². The first-order valence-corrected chi connectivity index (χ1v) is 7.33. The zero-order valence-corrected chi connectivity index (χ0v) is 11.0. The van der Waals surface area contributed by atoms with Crippen LogP contribution in [0.25, 0.3) is 0 Å². The number of anilines is 1. The third kappa shape index (κ3) is 4.60. The molecule has 6 heteroatoms. The highest BCUT2D eigenvalue weighted by atomic mass is 32.2. The highest BCUT2D eigenvalue weighted by Crippen LogP contribution is 2.18. The van der Waals surface area contributed by atoms with E-state index < -0.39 is 9.84 Å². The Hall–Kier alpha value is -1.30. The minimum atomic E-state index is -2.92. The summed E-state index contributed by atoms with van der Waals surface area (Å²) in [5.41, 5.74) is 6.48. The zero-order valence-electron chi connectivity index (χ0n) is 10.1. The van der Waals surface area contributed by atoms with E-state index >= 15 is 0 Å². The molecule has 0 aliphatic carbocycles. The molecule has 1 aromatic rings. The van der Waals surface area contributed by atoms with Crippen molar-refractivity contribution in [2.75, 3.05) is 23.8 Å². The Morgan fingerprint density at radius 3 is 2.71 bits per heavy atom. The van der Waals surface area contributed by atoms with Crippen LogP contribution < -0.4 is 10.5 Å². The fraction of sp³-hybridized carbons (Fsp3) is 0.545. The number of nitrogen functional groups attached to an aromatic ring is 1. The van der Waals surface area contributed by atoms with E-state index in [4.69, 9.17) is 10.5 Å². The minimum Gasteiger partial charge on any atom is -0.490 e. The van der Waals surface area contributed by atoms with Crippen LogP contribution in [-0.2, 0) is 9.84 Å². The Labute approximate surface area is 102 Å². The normalized spacial score (nSPS) is 11.4. The number of hydrogen-bond donors (Lipinski definition) is 1. The Kier molecular flexibility index (Phi) is 4.74. The second kappa shape index (κ2) is 5.86. The van der Waals surface area contributed by atoms with Crippen LogP contribution in [-0.4, -0.2) is 31.5 Å². The lowest BCUT2D eigenvalue weighted by Gasteiger charge is -2.08. The van der Waals surface area contributed by atoms with Gasteiger partial charge in [0.05, 0.1) is 12.4 Å². The van der Waals surface area contributed by atoms with Crippen LogP contribution in [0.4, 0.5) is 5.82 Å². The first-order valence-electron chi connectivity index (χ1n) is 5.51. The predicted octanol–water partition coefficient (Wildman–Crippen LogP) is 1.18. The SMILES string of the molecule is CCS(=O)(=O)CCCOc1ccc(C)nc1N. The molecule has 0 amide bonds. The Balaban J connectivity index is 2.41. The second-order valence-corrected chi connectivity index (χ2v) is 6.25. The number of aromatic nitrogens is 1. The minimum absolute atomic E-state index is 0.142. The molecule has 0 fully saturated rings. The number of aryl methyl sites for hydroxylation is 1. The van der Waals surface area contributed by atoms with Gasteiger partial charge in [0, 0.05) is 11.4 Å². The summed E-state index contributed by atoms with van der Waals surface area (Å²) in [6.45, 7) is 3.81. The summed E-state index contributed by atoms with van der Waals surface area (Å²) in [6.07, 6.45) is 0.462. The van der Waals surface area contributed by atoms with Gasteiger partial charge in [-0.25, -0.2) is 13.4 Å². The average molecular weight is 258 g/mol. The van der Waals surface area contributed by atoms with E-state index in [9.17, 15) is 8.42 Å². The Bertz CT molecular complexity index is 472. The van der Waals surface area contributed by atoms with E-state index in [1.54, 1.807) is 19.1 Å². The molecule has 1 heterocycles. The maximum atomic E-state index is 11.2. The first-order chi connectivity index (χ1) is 7.94. The van der Waals surface area contributed by atoms with Crippen LogP contribution in [0.5, 0.6) is 5.75 Å². The molecule has 0 bridgehead atoms. The number of hydrogen-bond acceptors (Lipinski definition) is 5. The van der Waals surface area contributed by atoms with E-state index in [1.807, 2.05) is 6.92 Å². The third-order valence-electron chi connectivity index (χ3n) is 2.32. The van der Waals surface area contributed by atoms with E-state index in [0.717, 1.165) is 5.69 Å². The van der Waals surface area contributed by atoms with Crippen LogP contribution in [0.2, 0.25) is 0 Å². The molecular weight excluding hydrogens is 240 g/mol. The third-order valence-corrected chi connectivity index (χ3v) is 4.11. The van der Waals surface area contributed by atoms with E-state index in [0.29, 0.717) is 24.6 Å². The molecule has 0 aliphatic rings. The molecule has 2 N–H and O–H groups in total. The highest BCUT2D eigenvalue weighted by molar-refractivity contribution is 7.91. The van der Waals surface area contributed by atoms with Crippen molar-refractivity contribution < 1.29 is 13.2 Å². The largest absolute Gasteiger partial charge is 0.490 e. The zero-order chi connectivity index (χ0) is 12.9. The first kappa shape index (κ1) is 13.8. The van der Waals surface area contributed by atoms with Crippen LogP contribution in [0.3, 0.4) is 0 Å². The van der Waals surface area contributed by atoms with E-state index in [-0.39, 0.29) is 11.5 Å². The van der Waals surface area contributed by atoms with E-state index in [1.165, 1.54) is 0 Å². The Morgan fingerprint density at radius 2 is 2.12 bits per heavy atom. The monoisotopic (exact) mass is 258 g/mol. The summed E-state index contributed by atoms with van der Waals surface area (Å²) in [4.78, 5) is 4.05. The van der Waals surface area contributed by atoms with Gasteiger partial charge in [-0.2, -0.15) is 0 Å². The van der Waals surface area contributed by atoms with Crippen molar-refractivity contribution >= 4 is 15.7 Å². The smallest absolute Gasteiger partial charge is 0.166 e. The number of sulfone groups is 1. The molecule has 17 heavy (non-hydrogen) atoms. The topological polar surface area (TPSA) is 82.3 Å². The van der Waals surface area contributed by atoms with Gasteiger partial charge in [0.1, 0.15) is 9.84 Å². The van der Waals surface area contributed by atoms with Crippen LogP contribution in [0.15, 0.2) is 12.1 Å². The fourth-order valence-corrected chi connectivity index (χ4v) is 2.14. The highest BCUT2D eigenvalue weighted by Gasteiger charge is 2.07. The maximum absolute atomic E-state index is 11.2. The standard InChI is InChI=1S/C11H18N2O3S/c1-3-17(14,15)8-4-7-16-10-6-5-9(2)13-11(10)12/h5-6H,3-4,7-8H2,1-2H3,(H2,12,13). The summed E-state index contributed by atoms with van der Waals surface area (Å²) in [5, 5.41) is 0. The van der Waals surface area contributed by atoms with Crippen molar-refractivity contribution in [2.45, 2.75) is 20.3 Å².